The molecular formula is C12H21NO3S. The highest BCUT2D eigenvalue weighted by Gasteiger charge is 2.39. The molecule has 1 rings (SSSR count). The molecule has 4 nitrogen and oxygen atoms in total. The molecule has 0 radical (unpaired) electrons. The average molecular weight is 259 g/mol. The lowest BCUT2D eigenvalue weighted by atomic mass is 9.97. The van der Waals surface area contributed by atoms with E-state index in [9.17, 15) is 9.59 Å². The van der Waals surface area contributed by atoms with E-state index in [1.165, 1.54) is 0 Å². The van der Waals surface area contributed by atoms with Gasteiger partial charge >= 0.3 is 5.97 Å². The molecule has 0 aromatic rings. The molecule has 17 heavy (non-hydrogen) atoms. The minimum atomic E-state index is -0.945. The summed E-state index contributed by atoms with van der Waals surface area (Å²) in [6, 6.07) is -0.773. The van der Waals surface area contributed by atoms with Crippen molar-refractivity contribution in [1.82, 2.24) is 5.32 Å². The smallest absolute Gasteiger partial charge is 0.326 e. The van der Waals surface area contributed by atoms with Crippen LogP contribution in [0.5, 0.6) is 0 Å². The number of hydrogen-bond acceptors (Lipinski definition) is 3. The quantitative estimate of drug-likeness (QED) is 0.791. The molecule has 1 unspecified atom stereocenters. The average Bonchev–Trinajstić information content (AvgIpc) is 2.72. The molecule has 1 fully saturated rings. The minimum absolute atomic E-state index is 0.0496. The largest absolute Gasteiger partial charge is 0.480 e. The number of amides is 1. The van der Waals surface area contributed by atoms with Crippen molar-refractivity contribution < 1.29 is 14.7 Å². The summed E-state index contributed by atoms with van der Waals surface area (Å²) in [7, 11) is 0. The minimum Gasteiger partial charge on any atom is -0.480 e. The first kappa shape index (κ1) is 14.4. The van der Waals surface area contributed by atoms with Crippen LogP contribution in [-0.2, 0) is 9.59 Å². The Labute approximate surface area is 107 Å². The van der Waals surface area contributed by atoms with E-state index in [2.05, 4.69) is 5.32 Å². The second-order valence-corrected chi connectivity index (χ2v) is 6.46. The van der Waals surface area contributed by atoms with Crippen molar-refractivity contribution in [1.29, 1.82) is 0 Å². The highest BCUT2D eigenvalue weighted by atomic mass is 32.2. The molecule has 1 saturated heterocycles. The lowest BCUT2D eigenvalue weighted by Gasteiger charge is -2.26. The predicted octanol–water partition coefficient (Wildman–Crippen LogP) is 1.89. The number of hydrogen-bond donors (Lipinski definition) is 2. The molecule has 0 aliphatic carbocycles. The third-order valence-corrected chi connectivity index (χ3v) is 4.98. The molecule has 1 aliphatic heterocycles. The van der Waals surface area contributed by atoms with Gasteiger partial charge in [-0.2, -0.15) is 0 Å². The first-order valence-electron chi connectivity index (χ1n) is 6.08. The van der Waals surface area contributed by atoms with Gasteiger partial charge in [-0.15, -0.1) is 11.8 Å². The number of nitrogens with one attached hydrogen (secondary N) is 1. The van der Waals surface area contributed by atoms with Crippen LogP contribution in [0.25, 0.3) is 0 Å². The topological polar surface area (TPSA) is 66.4 Å². The molecular weight excluding hydrogens is 238 g/mol. The van der Waals surface area contributed by atoms with Crippen LogP contribution in [0, 0.1) is 5.92 Å². The Balaban J connectivity index is 2.67. The van der Waals surface area contributed by atoms with Gasteiger partial charge in [-0.1, -0.05) is 20.3 Å². The molecule has 0 aromatic heterocycles. The van der Waals surface area contributed by atoms with Gasteiger partial charge in [-0.25, -0.2) is 4.79 Å². The van der Waals surface area contributed by atoms with E-state index in [1.807, 2.05) is 20.8 Å². The molecule has 5 heteroatoms. The summed E-state index contributed by atoms with van der Waals surface area (Å²) in [5.74, 6) is -0.149. The number of carbonyl (C=O) groups is 2. The molecule has 0 saturated carbocycles. The van der Waals surface area contributed by atoms with E-state index in [0.29, 0.717) is 0 Å². The van der Waals surface area contributed by atoms with Gasteiger partial charge in [0.05, 0.1) is 4.75 Å². The molecule has 2 N–H and O–H groups in total. The van der Waals surface area contributed by atoms with Crippen LogP contribution in [-0.4, -0.2) is 33.5 Å². The van der Waals surface area contributed by atoms with Crippen molar-refractivity contribution in [2.24, 2.45) is 5.92 Å². The highest BCUT2D eigenvalue weighted by molar-refractivity contribution is 8.01. The zero-order valence-electron chi connectivity index (χ0n) is 10.7. The summed E-state index contributed by atoms with van der Waals surface area (Å²) in [6.07, 6.45) is 2.59. The second kappa shape index (κ2) is 5.76. The van der Waals surface area contributed by atoms with Crippen LogP contribution in [0.3, 0.4) is 0 Å². The fraction of sp³-hybridized carbons (Fsp3) is 0.833. The number of aliphatic carboxylic acids is 1. The maximum absolute atomic E-state index is 12.1. The SMILES string of the molecule is CC[C@H](C)[C@H](NC(=O)C1(C)CCCS1)C(=O)O. The molecule has 1 heterocycles. The van der Waals surface area contributed by atoms with E-state index in [1.54, 1.807) is 11.8 Å². The summed E-state index contributed by atoms with van der Waals surface area (Å²) in [6.45, 7) is 5.68. The first-order valence-corrected chi connectivity index (χ1v) is 7.07. The molecule has 0 aromatic carbocycles. The Morgan fingerprint density at radius 2 is 2.18 bits per heavy atom. The maximum atomic E-state index is 12.1. The van der Waals surface area contributed by atoms with Gasteiger partial charge in [0.1, 0.15) is 6.04 Å². The molecule has 0 bridgehead atoms. The lowest BCUT2D eigenvalue weighted by molar-refractivity contribution is -0.143. The fourth-order valence-corrected chi connectivity index (χ4v) is 3.15. The summed E-state index contributed by atoms with van der Waals surface area (Å²) in [5.41, 5.74) is 0. The van der Waals surface area contributed by atoms with E-state index < -0.39 is 16.8 Å². The summed E-state index contributed by atoms with van der Waals surface area (Å²) >= 11 is 1.62. The van der Waals surface area contributed by atoms with Gasteiger partial charge in [0, 0.05) is 0 Å². The monoisotopic (exact) mass is 259 g/mol. The van der Waals surface area contributed by atoms with Crippen LogP contribution in [0.1, 0.15) is 40.0 Å². The highest BCUT2D eigenvalue weighted by Crippen LogP contribution is 2.38. The Kier molecular flexibility index (Phi) is 4.86. The summed E-state index contributed by atoms with van der Waals surface area (Å²) in [5, 5.41) is 11.8. The van der Waals surface area contributed by atoms with Crippen LogP contribution < -0.4 is 5.32 Å². The van der Waals surface area contributed by atoms with Gasteiger partial charge in [-0.05, 0) is 31.4 Å². The third kappa shape index (κ3) is 3.37. The summed E-state index contributed by atoms with van der Waals surface area (Å²) < 4.78 is -0.443. The zero-order valence-corrected chi connectivity index (χ0v) is 11.5. The third-order valence-electron chi connectivity index (χ3n) is 3.46. The van der Waals surface area contributed by atoms with Gasteiger partial charge in [0.15, 0.2) is 0 Å². The van der Waals surface area contributed by atoms with E-state index >= 15 is 0 Å². The molecule has 1 amide bonds. The molecule has 1 aliphatic rings. The second-order valence-electron chi connectivity index (χ2n) is 4.86. The van der Waals surface area contributed by atoms with Gasteiger partial charge in [0.25, 0.3) is 0 Å². The predicted molar refractivity (Wildman–Crippen MR) is 69.1 cm³/mol. The van der Waals surface area contributed by atoms with Crippen molar-refractivity contribution >= 4 is 23.6 Å². The number of thioether (sulfide) groups is 1. The molecule has 3 atom stereocenters. The van der Waals surface area contributed by atoms with Crippen LogP contribution in [0.2, 0.25) is 0 Å². The van der Waals surface area contributed by atoms with Crippen molar-refractivity contribution in [3.8, 4) is 0 Å². The zero-order chi connectivity index (χ0) is 13.1. The van der Waals surface area contributed by atoms with Crippen molar-refractivity contribution in [2.45, 2.75) is 50.8 Å². The van der Waals surface area contributed by atoms with Gasteiger partial charge in [-0.3, -0.25) is 4.79 Å². The fourth-order valence-electron chi connectivity index (χ4n) is 1.94. The normalized spacial score (nSPS) is 27.5. The first-order chi connectivity index (χ1) is 7.90. The van der Waals surface area contributed by atoms with Crippen LogP contribution >= 0.6 is 11.8 Å². The van der Waals surface area contributed by atoms with Gasteiger partial charge in [0.2, 0.25) is 5.91 Å². The molecule has 98 valence electrons. The Bertz CT molecular complexity index is 300. The Morgan fingerprint density at radius 3 is 2.59 bits per heavy atom. The van der Waals surface area contributed by atoms with E-state index in [-0.39, 0.29) is 11.8 Å². The van der Waals surface area contributed by atoms with Crippen molar-refractivity contribution in [3.05, 3.63) is 0 Å². The van der Waals surface area contributed by atoms with Gasteiger partial charge < -0.3 is 10.4 Å². The van der Waals surface area contributed by atoms with Crippen LogP contribution in [0.15, 0.2) is 0 Å². The summed E-state index contributed by atoms with van der Waals surface area (Å²) in [4.78, 5) is 23.2. The van der Waals surface area contributed by atoms with E-state index in [4.69, 9.17) is 5.11 Å². The number of rotatable bonds is 5. The van der Waals surface area contributed by atoms with Crippen LogP contribution in [0.4, 0.5) is 0 Å². The molecule has 0 spiro atoms. The number of carbonyl (C=O) groups excluding carboxylic acids is 1. The maximum Gasteiger partial charge on any atom is 0.326 e. The Morgan fingerprint density at radius 1 is 1.53 bits per heavy atom. The van der Waals surface area contributed by atoms with Crippen molar-refractivity contribution in [2.75, 3.05) is 5.75 Å². The van der Waals surface area contributed by atoms with E-state index in [0.717, 1.165) is 25.0 Å². The standard InChI is InChI=1S/C12H21NO3S/c1-4-8(2)9(10(14)15)13-11(16)12(3)6-5-7-17-12/h8-9H,4-7H2,1-3H3,(H,13,16)(H,14,15)/t8-,9-,12?/m0/s1. The van der Waals surface area contributed by atoms with Crippen molar-refractivity contribution in [3.63, 3.8) is 0 Å². The Hall–Kier alpha value is -0.710. The lowest BCUT2D eigenvalue weighted by Crippen LogP contribution is -2.51. The number of carboxylic acids is 1. The number of carboxylic acid groups (broad SMARTS) is 1.